The minimum atomic E-state index is -0.248. The maximum absolute atomic E-state index is 12.5. The SMILES string of the molecule is Cc1ccc2nc(C)c(C(=O)N[C@@H](C)c3ncn[nH]3)cc2c1. The number of amides is 1. The van der Waals surface area contributed by atoms with Crippen molar-refractivity contribution in [3.63, 3.8) is 0 Å². The fourth-order valence-electron chi connectivity index (χ4n) is 2.39. The Bertz CT molecular complexity index is 826. The lowest BCUT2D eigenvalue weighted by atomic mass is 10.1. The van der Waals surface area contributed by atoms with Gasteiger partial charge >= 0.3 is 0 Å². The molecule has 0 aliphatic carbocycles. The lowest BCUT2D eigenvalue weighted by Crippen LogP contribution is -2.28. The molecule has 1 amide bonds. The van der Waals surface area contributed by atoms with Crippen LogP contribution >= 0.6 is 0 Å². The van der Waals surface area contributed by atoms with Gasteiger partial charge < -0.3 is 5.32 Å². The molecule has 6 heteroatoms. The quantitative estimate of drug-likeness (QED) is 0.777. The number of aryl methyl sites for hydroxylation is 2. The van der Waals surface area contributed by atoms with Gasteiger partial charge in [-0.05, 0) is 39.0 Å². The van der Waals surface area contributed by atoms with Gasteiger partial charge in [0.2, 0.25) is 0 Å². The van der Waals surface area contributed by atoms with Crippen LogP contribution in [0.1, 0.15) is 40.4 Å². The number of pyridine rings is 1. The highest BCUT2D eigenvalue weighted by atomic mass is 16.1. The second-order valence-corrected chi connectivity index (χ2v) is 5.38. The van der Waals surface area contributed by atoms with E-state index in [0.29, 0.717) is 17.1 Å². The van der Waals surface area contributed by atoms with E-state index in [9.17, 15) is 4.79 Å². The summed E-state index contributed by atoms with van der Waals surface area (Å²) in [5, 5.41) is 10.4. The summed E-state index contributed by atoms with van der Waals surface area (Å²) in [5.41, 5.74) is 3.31. The van der Waals surface area contributed by atoms with Crippen molar-refractivity contribution in [1.29, 1.82) is 0 Å². The zero-order chi connectivity index (χ0) is 15.7. The van der Waals surface area contributed by atoms with Gasteiger partial charge in [-0.1, -0.05) is 11.6 Å². The van der Waals surface area contributed by atoms with Gasteiger partial charge in [-0.25, -0.2) is 4.98 Å². The molecule has 112 valence electrons. The standard InChI is InChI=1S/C16H17N5O/c1-9-4-5-14-12(6-9)7-13(10(2)19-14)16(22)20-11(3)15-17-8-18-21-15/h4-8,11H,1-3H3,(H,20,22)(H,17,18,21)/t11-/m0/s1. The van der Waals surface area contributed by atoms with Crippen LogP contribution in [0.3, 0.4) is 0 Å². The van der Waals surface area contributed by atoms with Crippen molar-refractivity contribution >= 4 is 16.8 Å². The third-order valence-corrected chi connectivity index (χ3v) is 3.60. The summed E-state index contributed by atoms with van der Waals surface area (Å²) in [6, 6.07) is 7.64. The predicted molar refractivity (Wildman–Crippen MR) is 83.5 cm³/mol. The van der Waals surface area contributed by atoms with Crippen LogP contribution in [0.5, 0.6) is 0 Å². The summed E-state index contributed by atoms with van der Waals surface area (Å²) in [4.78, 5) is 21.0. The topological polar surface area (TPSA) is 83.6 Å². The molecule has 0 fully saturated rings. The third kappa shape index (κ3) is 2.67. The monoisotopic (exact) mass is 295 g/mol. The van der Waals surface area contributed by atoms with E-state index in [1.807, 2.05) is 45.0 Å². The zero-order valence-corrected chi connectivity index (χ0v) is 12.7. The first kappa shape index (κ1) is 14.2. The van der Waals surface area contributed by atoms with Gasteiger partial charge in [0.25, 0.3) is 5.91 Å². The van der Waals surface area contributed by atoms with Gasteiger partial charge in [0.1, 0.15) is 12.2 Å². The molecule has 0 unspecified atom stereocenters. The molecule has 3 aromatic rings. The van der Waals surface area contributed by atoms with E-state index in [0.717, 1.165) is 16.5 Å². The molecule has 0 radical (unpaired) electrons. The normalized spacial score (nSPS) is 12.3. The van der Waals surface area contributed by atoms with Crippen LogP contribution in [0, 0.1) is 13.8 Å². The average molecular weight is 295 g/mol. The van der Waals surface area contributed by atoms with Crippen molar-refractivity contribution < 1.29 is 4.79 Å². The second kappa shape index (κ2) is 5.55. The van der Waals surface area contributed by atoms with Crippen LogP contribution in [0.4, 0.5) is 0 Å². The maximum atomic E-state index is 12.5. The summed E-state index contributed by atoms with van der Waals surface area (Å²) in [7, 11) is 0. The van der Waals surface area contributed by atoms with E-state index in [1.165, 1.54) is 6.33 Å². The number of rotatable bonds is 3. The summed E-state index contributed by atoms with van der Waals surface area (Å²) >= 11 is 0. The molecule has 0 aliphatic heterocycles. The molecular formula is C16H17N5O. The van der Waals surface area contributed by atoms with E-state index in [4.69, 9.17) is 0 Å². The van der Waals surface area contributed by atoms with E-state index < -0.39 is 0 Å². The van der Waals surface area contributed by atoms with Crippen LogP contribution in [0.15, 0.2) is 30.6 Å². The number of nitrogens with one attached hydrogen (secondary N) is 2. The van der Waals surface area contributed by atoms with E-state index in [1.54, 1.807) is 0 Å². The Morgan fingerprint density at radius 1 is 1.27 bits per heavy atom. The highest BCUT2D eigenvalue weighted by Crippen LogP contribution is 2.18. The van der Waals surface area contributed by atoms with Crippen molar-refractivity contribution in [2.45, 2.75) is 26.8 Å². The number of H-pyrrole nitrogens is 1. The smallest absolute Gasteiger partial charge is 0.253 e. The molecule has 3 rings (SSSR count). The molecule has 2 heterocycles. The number of hydrogen-bond acceptors (Lipinski definition) is 4. The van der Waals surface area contributed by atoms with Crippen LogP contribution in [0.25, 0.3) is 10.9 Å². The van der Waals surface area contributed by atoms with E-state index in [2.05, 4.69) is 25.5 Å². The molecule has 0 aliphatic rings. The highest BCUT2D eigenvalue weighted by Gasteiger charge is 2.16. The van der Waals surface area contributed by atoms with E-state index in [-0.39, 0.29) is 11.9 Å². The number of nitrogens with zero attached hydrogens (tertiary/aromatic N) is 3. The molecular weight excluding hydrogens is 278 g/mol. The lowest BCUT2D eigenvalue weighted by Gasteiger charge is -2.13. The summed E-state index contributed by atoms with van der Waals surface area (Å²) in [5.74, 6) is 0.452. The van der Waals surface area contributed by atoms with Gasteiger partial charge in [0.15, 0.2) is 0 Å². The minimum absolute atomic E-state index is 0.169. The van der Waals surface area contributed by atoms with Gasteiger partial charge in [-0.15, -0.1) is 0 Å². The Morgan fingerprint density at radius 3 is 2.82 bits per heavy atom. The number of benzene rings is 1. The Labute approximate surface area is 128 Å². The van der Waals surface area contributed by atoms with Crippen molar-refractivity contribution in [2.24, 2.45) is 0 Å². The second-order valence-electron chi connectivity index (χ2n) is 5.38. The molecule has 0 saturated heterocycles. The Balaban J connectivity index is 1.91. The lowest BCUT2D eigenvalue weighted by molar-refractivity contribution is 0.0937. The molecule has 2 aromatic heterocycles. The van der Waals surface area contributed by atoms with Gasteiger partial charge in [0, 0.05) is 5.39 Å². The summed E-state index contributed by atoms with van der Waals surface area (Å²) < 4.78 is 0. The number of aromatic amines is 1. The molecule has 2 N–H and O–H groups in total. The first-order chi connectivity index (χ1) is 10.5. The molecule has 22 heavy (non-hydrogen) atoms. The molecule has 0 saturated carbocycles. The number of aromatic nitrogens is 4. The van der Waals surface area contributed by atoms with E-state index >= 15 is 0 Å². The summed E-state index contributed by atoms with van der Waals surface area (Å²) in [6.07, 6.45) is 1.42. The first-order valence-electron chi connectivity index (χ1n) is 7.09. The summed E-state index contributed by atoms with van der Waals surface area (Å²) in [6.45, 7) is 5.71. The van der Waals surface area contributed by atoms with Gasteiger partial charge in [0.05, 0.1) is 22.8 Å². The first-order valence-corrected chi connectivity index (χ1v) is 7.09. The number of carbonyl (C=O) groups excluding carboxylic acids is 1. The number of fused-ring (bicyclic) bond motifs is 1. The van der Waals surface area contributed by atoms with Crippen molar-refractivity contribution in [3.05, 3.63) is 53.2 Å². The zero-order valence-electron chi connectivity index (χ0n) is 12.7. The number of hydrogen-bond donors (Lipinski definition) is 2. The van der Waals surface area contributed by atoms with Crippen LogP contribution in [-0.4, -0.2) is 26.1 Å². The largest absolute Gasteiger partial charge is 0.342 e. The van der Waals surface area contributed by atoms with Gasteiger partial charge in [-0.2, -0.15) is 5.10 Å². The Kier molecular flexibility index (Phi) is 3.58. The third-order valence-electron chi connectivity index (χ3n) is 3.60. The van der Waals surface area contributed by atoms with Crippen LogP contribution < -0.4 is 5.32 Å². The fraction of sp³-hybridized carbons (Fsp3) is 0.250. The van der Waals surface area contributed by atoms with Crippen LogP contribution in [-0.2, 0) is 0 Å². The predicted octanol–water partition coefficient (Wildman–Crippen LogP) is 2.46. The average Bonchev–Trinajstić information content (AvgIpc) is 3.01. The Hall–Kier alpha value is -2.76. The van der Waals surface area contributed by atoms with Crippen molar-refractivity contribution in [1.82, 2.24) is 25.5 Å². The molecule has 1 atom stereocenters. The molecule has 1 aromatic carbocycles. The molecule has 6 nitrogen and oxygen atoms in total. The van der Waals surface area contributed by atoms with Gasteiger partial charge in [-0.3, -0.25) is 14.9 Å². The molecule has 0 spiro atoms. The van der Waals surface area contributed by atoms with Crippen molar-refractivity contribution in [2.75, 3.05) is 0 Å². The Morgan fingerprint density at radius 2 is 2.09 bits per heavy atom. The maximum Gasteiger partial charge on any atom is 0.253 e. The van der Waals surface area contributed by atoms with Crippen molar-refractivity contribution in [3.8, 4) is 0 Å². The highest BCUT2D eigenvalue weighted by molar-refractivity contribution is 5.98. The fourth-order valence-corrected chi connectivity index (χ4v) is 2.39. The number of carbonyl (C=O) groups is 1. The minimum Gasteiger partial charge on any atom is -0.342 e. The van der Waals surface area contributed by atoms with Crippen LogP contribution in [0.2, 0.25) is 0 Å². The molecule has 0 bridgehead atoms.